The van der Waals surface area contributed by atoms with Gasteiger partial charge >= 0.3 is 0 Å². The van der Waals surface area contributed by atoms with Crippen LogP contribution in [-0.4, -0.2) is 55.6 Å². The van der Waals surface area contributed by atoms with Crippen molar-refractivity contribution in [1.82, 2.24) is 9.21 Å². The van der Waals surface area contributed by atoms with Gasteiger partial charge in [0.05, 0.1) is 5.75 Å². The maximum atomic E-state index is 12.2. The minimum atomic E-state index is -3.02. The number of piperazine rings is 1. The largest absolute Gasteiger partial charge is 0.298 e. The summed E-state index contributed by atoms with van der Waals surface area (Å²) in [7, 11) is -3.02. The van der Waals surface area contributed by atoms with Gasteiger partial charge in [0.2, 0.25) is 10.0 Å². The molecule has 1 aliphatic heterocycles. The summed E-state index contributed by atoms with van der Waals surface area (Å²) in [4.78, 5) is 2.43. The number of sulfonamides is 1. The maximum absolute atomic E-state index is 12.2. The van der Waals surface area contributed by atoms with Crippen molar-refractivity contribution in [3.05, 3.63) is 0 Å². The lowest BCUT2D eigenvalue weighted by Crippen LogP contribution is -2.52. The van der Waals surface area contributed by atoms with Crippen molar-refractivity contribution in [3.8, 4) is 0 Å². The van der Waals surface area contributed by atoms with Crippen LogP contribution in [0.25, 0.3) is 0 Å². The van der Waals surface area contributed by atoms with Gasteiger partial charge in [0.15, 0.2) is 0 Å². The van der Waals surface area contributed by atoms with Crippen LogP contribution in [0.2, 0.25) is 0 Å². The molecule has 1 saturated heterocycles. The van der Waals surface area contributed by atoms with Gasteiger partial charge < -0.3 is 0 Å². The Morgan fingerprint density at radius 2 is 1.65 bits per heavy atom. The summed E-state index contributed by atoms with van der Waals surface area (Å²) in [6.45, 7) is 14.1. The molecular weight excluding hydrogens is 272 g/mol. The van der Waals surface area contributed by atoms with Gasteiger partial charge in [-0.15, -0.1) is 0 Å². The molecule has 0 aromatic heterocycles. The molecule has 20 heavy (non-hydrogen) atoms. The smallest absolute Gasteiger partial charge is 0.214 e. The molecule has 120 valence electrons. The summed E-state index contributed by atoms with van der Waals surface area (Å²) in [5.41, 5.74) is 0.323. The second-order valence-electron chi connectivity index (χ2n) is 7.22. The first-order chi connectivity index (χ1) is 9.15. The molecular formula is C15H32N2O2S. The first kappa shape index (κ1) is 17.9. The highest BCUT2D eigenvalue weighted by atomic mass is 32.2. The van der Waals surface area contributed by atoms with Crippen LogP contribution in [0.1, 0.15) is 53.9 Å². The van der Waals surface area contributed by atoms with Crippen LogP contribution < -0.4 is 0 Å². The molecule has 0 radical (unpaired) electrons. The van der Waals surface area contributed by atoms with E-state index in [1.54, 1.807) is 4.31 Å². The lowest BCUT2D eigenvalue weighted by Gasteiger charge is -2.39. The van der Waals surface area contributed by atoms with Crippen molar-refractivity contribution in [2.24, 2.45) is 5.41 Å². The van der Waals surface area contributed by atoms with Crippen molar-refractivity contribution < 1.29 is 8.42 Å². The molecule has 1 aliphatic rings. The van der Waals surface area contributed by atoms with Gasteiger partial charge in [-0.1, -0.05) is 34.1 Å². The summed E-state index contributed by atoms with van der Waals surface area (Å²) in [6, 6.07) is 0.524. The predicted molar refractivity (Wildman–Crippen MR) is 85.4 cm³/mol. The van der Waals surface area contributed by atoms with E-state index >= 15 is 0 Å². The fourth-order valence-electron chi connectivity index (χ4n) is 2.89. The molecule has 0 aromatic carbocycles. The van der Waals surface area contributed by atoms with Gasteiger partial charge in [-0.2, -0.15) is 4.31 Å². The van der Waals surface area contributed by atoms with Gasteiger partial charge in [-0.05, 0) is 25.2 Å². The van der Waals surface area contributed by atoms with E-state index in [0.29, 0.717) is 30.3 Å². The zero-order valence-electron chi connectivity index (χ0n) is 13.9. The fraction of sp³-hybridized carbons (Fsp3) is 1.00. The van der Waals surface area contributed by atoms with Crippen LogP contribution in [0.5, 0.6) is 0 Å². The molecule has 1 fully saturated rings. The monoisotopic (exact) mass is 304 g/mol. The van der Waals surface area contributed by atoms with E-state index in [4.69, 9.17) is 0 Å². The van der Waals surface area contributed by atoms with Gasteiger partial charge in [0, 0.05) is 32.2 Å². The highest BCUT2D eigenvalue weighted by Gasteiger charge is 2.29. The van der Waals surface area contributed by atoms with Crippen LogP contribution in [0, 0.1) is 5.41 Å². The molecule has 5 heteroatoms. The quantitative estimate of drug-likeness (QED) is 0.757. The zero-order chi connectivity index (χ0) is 15.4. The lowest BCUT2D eigenvalue weighted by atomic mass is 9.88. The van der Waals surface area contributed by atoms with E-state index in [-0.39, 0.29) is 0 Å². The lowest BCUT2D eigenvalue weighted by molar-refractivity contribution is 0.117. The van der Waals surface area contributed by atoms with Crippen molar-refractivity contribution in [2.75, 3.05) is 31.9 Å². The van der Waals surface area contributed by atoms with Crippen LogP contribution in [0.4, 0.5) is 0 Å². The van der Waals surface area contributed by atoms with Gasteiger partial charge in [-0.25, -0.2) is 8.42 Å². The Morgan fingerprint density at radius 3 is 2.10 bits per heavy atom. The Kier molecular flexibility index (Phi) is 6.48. The molecule has 4 nitrogen and oxygen atoms in total. The van der Waals surface area contributed by atoms with Gasteiger partial charge in [-0.3, -0.25) is 4.90 Å². The van der Waals surface area contributed by atoms with Crippen molar-refractivity contribution in [1.29, 1.82) is 0 Å². The normalized spacial score (nSPS) is 21.1. The minimum Gasteiger partial charge on any atom is -0.298 e. The highest BCUT2D eigenvalue weighted by Crippen LogP contribution is 2.24. The molecule has 0 spiro atoms. The van der Waals surface area contributed by atoms with E-state index in [0.717, 1.165) is 32.4 Å². The van der Waals surface area contributed by atoms with Crippen molar-refractivity contribution in [2.45, 2.75) is 59.9 Å². The Bertz CT molecular complexity index is 379. The Balaban J connectivity index is 2.47. The molecule has 1 heterocycles. The standard InChI is InChI=1S/C15H32N2O2S/c1-6-7-12-20(18,19)17-10-8-16(9-11-17)14(2)13-15(3,4)5/h14H,6-13H2,1-5H3. The van der Waals surface area contributed by atoms with Crippen LogP contribution >= 0.6 is 0 Å². The van der Waals surface area contributed by atoms with Gasteiger partial charge in [0.1, 0.15) is 0 Å². The van der Waals surface area contributed by atoms with E-state index < -0.39 is 10.0 Å². The summed E-state index contributed by atoms with van der Waals surface area (Å²) in [5, 5.41) is 0. The highest BCUT2D eigenvalue weighted by molar-refractivity contribution is 7.89. The number of hydrogen-bond acceptors (Lipinski definition) is 3. The predicted octanol–water partition coefficient (Wildman–Crippen LogP) is 2.56. The molecule has 0 amide bonds. The molecule has 1 atom stereocenters. The molecule has 1 rings (SSSR count). The van der Waals surface area contributed by atoms with E-state index in [1.807, 2.05) is 6.92 Å². The average molecular weight is 305 g/mol. The number of rotatable bonds is 6. The van der Waals surface area contributed by atoms with Crippen LogP contribution in [0.15, 0.2) is 0 Å². The zero-order valence-corrected chi connectivity index (χ0v) is 14.7. The Labute approximate surface area is 125 Å². The average Bonchev–Trinajstić information content (AvgIpc) is 2.34. The molecule has 0 N–H and O–H groups in total. The summed E-state index contributed by atoms with van der Waals surface area (Å²) >= 11 is 0. The van der Waals surface area contributed by atoms with Crippen molar-refractivity contribution in [3.63, 3.8) is 0 Å². The third-order valence-electron chi connectivity index (χ3n) is 3.95. The molecule has 0 saturated carbocycles. The number of nitrogens with zero attached hydrogens (tertiary/aromatic N) is 2. The second kappa shape index (κ2) is 7.23. The number of unbranched alkanes of at least 4 members (excludes halogenated alkanes) is 1. The summed E-state index contributed by atoms with van der Waals surface area (Å²) in [6.07, 6.45) is 2.85. The molecule has 0 aliphatic carbocycles. The fourth-order valence-corrected chi connectivity index (χ4v) is 4.53. The Hall–Kier alpha value is -0.130. The van der Waals surface area contributed by atoms with Crippen molar-refractivity contribution >= 4 is 10.0 Å². The molecule has 0 bridgehead atoms. The van der Waals surface area contributed by atoms with E-state index in [1.165, 1.54) is 0 Å². The topological polar surface area (TPSA) is 40.6 Å². The Morgan fingerprint density at radius 1 is 1.10 bits per heavy atom. The van der Waals surface area contributed by atoms with E-state index in [9.17, 15) is 8.42 Å². The number of hydrogen-bond donors (Lipinski definition) is 0. The van der Waals surface area contributed by atoms with Crippen LogP contribution in [0.3, 0.4) is 0 Å². The third-order valence-corrected chi connectivity index (χ3v) is 5.91. The summed E-state index contributed by atoms with van der Waals surface area (Å²) in [5.74, 6) is 0.307. The second-order valence-corrected chi connectivity index (χ2v) is 9.31. The molecule has 0 aromatic rings. The minimum absolute atomic E-state index is 0.307. The molecule has 1 unspecified atom stereocenters. The third kappa shape index (κ3) is 5.70. The van der Waals surface area contributed by atoms with Crippen LogP contribution in [-0.2, 0) is 10.0 Å². The van der Waals surface area contributed by atoms with E-state index in [2.05, 4.69) is 32.6 Å². The van der Waals surface area contributed by atoms with Gasteiger partial charge in [0.25, 0.3) is 0 Å². The summed E-state index contributed by atoms with van der Waals surface area (Å²) < 4.78 is 26.0. The first-order valence-corrected chi connectivity index (χ1v) is 9.48. The first-order valence-electron chi connectivity index (χ1n) is 7.87. The SMILES string of the molecule is CCCCS(=O)(=O)N1CCN(C(C)CC(C)(C)C)CC1. The maximum Gasteiger partial charge on any atom is 0.214 e.